The molecule has 0 radical (unpaired) electrons. The van der Waals surface area contributed by atoms with E-state index in [1.165, 1.54) is 0 Å². The molecule has 1 aliphatic heterocycles. The second-order valence-corrected chi connectivity index (χ2v) is 5.14. The topological polar surface area (TPSA) is 53.3 Å². The first-order valence-electron chi connectivity index (χ1n) is 6.85. The van der Waals surface area contributed by atoms with Gasteiger partial charge in [-0.25, -0.2) is 4.79 Å². The molecule has 1 aromatic rings. The van der Waals surface area contributed by atoms with Crippen LogP contribution in [0.5, 0.6) is 0 Å². The Morgan fingerprint density at radius 3 is 2.64 bits per heavy atom. The van der Waals surface area contributed by atoms with Gasteiger partial charge < -0.3 is 4.74 Å². The molecule has 0 aliphatic carbocycles. The van der Waals surface area contributed by atoms with Gasteiger partial charge in [0, 0.05) is 6.54 Å². The van der Waals surface area contributed by atoms with E-state index < -0.39 is 30.7 Å². The summed E-state index contributed by atoms with van der Waals surface area (Å²) in [5, 5.41) is 8.80. The molecule has 1 amide bonds. The van der Waals surface area contributed by atoms with Gasteiger partial charge in [-0.1, -0.05) is 30.3 Å². The molecule has 7 heteroatoms. The summed E-state index contributed by atoms with van der Waals surface area (Å²) < 4.78 is 44.2. The monoisotopic (exact) mass is 312 g/mol. The van der Waals surface area contributed by atoms with E-state index in [1.807, 2.05) is 6.07 Å². The number of carbonyl (C=O) groups is 1. The van der Waals surface area contributed by atoms with Crippen LogP contribution in [0.3, 0.4) is 0 Å². The summed E-state index contributed by atoms with van der Waals surface area (Å²) in [6.07, 6.45) is -5.74. The summed E-state index contributed by atoms with van der Waals surface area (Å²) in [5.74, 6) is -0.690. The van der Waals surface area contributed by atoms with Gasteiger partial charge in [0.2, 0.25) is 0 Å². The van der Waals surface area contributed by atoms with Crippen LogP contribution in [0.4, 0.5) is 18.0 Å². The maximum atomic E-state index is 13.1. The van der Waals surface area contributed by atoms with Crippen molar-refractivity contribution >= 4 is 6.09 Å². The largest absolute Gasteiger partial charge is 0.445 e. The van der Waals surface area contributed by atoms with Crippen molar-refractivity contribution in [3.63, 3.8) is 0 Å². The summed E-state index contributed by atoms with van der Waals surface area (Å²) in [5.41, 5.74) is 0.700. The Morgan fingerprint density at radius 2 is 2.05 bits per heavy atom. The minimum atomic E-state index is -4.57. The number of benzene rings is 1. The van der Waals surface area contributed by atoms with Crippen molar-refractivity contribution in [2.24, 2.45) is 5.92 Å². The Balaban J connectivity index is 2.02. The van der Waals surface area contributed by atoms with Crippen LogP contribution in [0.25, 0.3) is 0 Å². The van der Waals surface area contributed by atoms with Gasteiger partial charge in [-0.3, -0.25) is 4.90 Å². The molecular formula is C15H15F3N2O2. The number of likely N-dealkylation sites (tertiary alicyclic amines) is 1. The van der Waals surface area contributed by atoms with Crippen molar-refractivity contribution in [3.8, 4) is 6.07 Å². The molecule has 0 N–H and O–H groups in total. The highest BCUT2D eigenvalue weighted by atomic mass is 19.4. The number of hydrogen-bond donors (Lipinski definition) is 0. The summed E-state index contributed by atoms with van der Waals surface area (Å²) in [6.45, 7) is -0.210. The Kier molecular flexibility index (Phi) is 4.91. The number of rotatable bonds is 2. The number of nitrogens with zero attached hydrogens (tertiary/aromatic N) is 2. The van der Waals surface area contributed by atoms with E-state index in [2.05, 4.69) is 0 Å². The molecule has 0 aromatic heterocycles. The Labute approximate surface area is 126 Å². The molecule has 2 rings (SSSR count). The van der Waals surface area contributed by atoms with E-state index >= 15 is 0 Å². The summed E-state index contributed by atoms with van der Waals surface area (Å²) in [6, 6.07) is 8.61. The summed E-state index contributed by atoms with van der Waals surface area (Å²) in [4.78, 5) is 12.6. The maximum Gasteiger partial charge on any atom is 0.410 e. The fourth-order valence-corrected chi connectivity index (χ4v) is 2.41. The third kappa shape index (κ3) is 3.91. The first-order valence-corrected chi connectivity index (χ1v) is 6.85. The first-order chi connectivity index (χ1) is 10.4. The molecule has 22 heavy (non-hydrogen) atoms. The zero-order valence-corrected chi connectivity index (χ0v) is 11.7. The molecule has 118 valence electrons. The van der Waals surface area contributed by atoms with Crippen LogP contribution in [-0.2, 0) is 11.3 Å². The highest BCUT2D eigenvalue weighted by molar-refractivity contribution is 5.68. The molecule has 1 aromatic carbocycles. The van der Waals surface area contributed by atoms with Crippen LogP contribution in [0.1, 0.15) is 18.4 Å². The summed E-state index contributed by atoms with van der Waals surface area (Å²) >= 11 is 0. The predicted octanol–water partition coefficient (Wildman–Crippen LogP) is 3.49. The fraction of sp³-hybridized carbons (Fsp3) is 0.467. The highest BCUT2D eigenvalue weighted by Gasteiger charge is 2.49. The van der Waals surface area contributed by atoms with Crippen molar-refractivity contribution < 1.29 is 22.7 Å². The molecule has 0 saturated carbocycles. The average molecular weight is 312 g/mol. The lowest BCUT2D eigenvalue weighted by Crippen LogP contribution is -2.53. The minimum Gasteiger partial charge on any atom is -0.445 e. The van der Waals surface area contributed by atoms with E-state index in [0.29, 0.717) is 10.5 Å². The molecule has 0 bridgehead atoms. The normalized spacial score (nSPS) is 22.0. The van der Waals surface area contributed by atoms with Gasteiger partial charge in [-0.05, 0) is 18.4 Å². The van der Waals surface area contributed by atoms with Crippen molar-refractivity contribution in [2.45, 2.75) is 31.7 Å². The number of carbonyl (C=O) groups excluding carboxylic acids is 1. The maximum absolute atomic E-state index is 13.1. The van der Waals surface area contributed by atoms with Gasteiger partial charge in [-0.2, -0.15) is 18.4 Å². The van der Waals surface area contributed by atoms with Gasteiger partial charge in [0.05, 0.1) is 12.0 Å². The summed E-state index contributed by atoms with van der Waals surface area (Å²) in [7, 11) is 0. The third-order valence-corrected chi connectivity index (χ3v) is 3.60. The average Bonchev–Trinajstić information content (AvgIpc) is 2.52. The van der Waals surface area contributed by atoms with Gasteiger partial charge >= 0.3 is 12.3 Å². The van der Waals surface area contributed by atoms with E-state index in [-0.39, 0.29) is 19.6 Å². The molecule has 1 fully saturated rings. The Hall–Kier alpha value is -2.23. The number of alkyl halides is 3. The van der Waals surface area contributed by atoms with Gasteiger partial charge in [-0.15, -0.1) is 0 Å². The first kappa shape index (κ1) is 16.1. The van der Waals surface area contributed by atoms with Crippen LogP contribution >= 0.6 is 0 Å². The number of halogens is 3. The van der Waals surface area contributed by atoms with Gasteiger partial charge in [0.15, 0.2) is 0 Å². The molecule has 0 spiro atoms. The minimum absolute atomic E-state index is 0.0809. The molecule has 2 atom stereocenters. The standard InChI is InChI=1S/C15H15F3N2O2/c16-15(17,18)13-8-12(9-19)6-7-20(13)14(21)22-10-11-4-2-1-3-5-11/h1-5,12-13H,6-8,10H2. The molecular weight excluding hydrogens is 297 g/mol. The lowest BCUT2D eigenvalue weighted by atomic mass is 9.92. The number of nitriles is 1. The van der Waals surface area contributed by atoms with Crippen molar-refractivity contribution in [2.75, 3.05) is 6.54 Å². The van der Waals surface area contributed by atoms with Crippen LogP contribution in [0, 0.1) is 17.2 Å². The third-order valence-electron chi connectivity index (χ3n) is 3.60. The quantitative estimate of drug-likeness (QED) is 0.840. The molecule has 1 heterocycles. The van der Waals surface area contributed by atoms with Gasteiger partial charge in [0.1, 0.15) is 12.6 Å². The number of hydrogen-bond acceptors (Lipinski definition) is 3. The second kappa shape index (κ2) is 6.69. The highest BCUT2D eigenvalue weighted by Crippen LogP contribution is 2.34. The zero-order valence-electron chi connectivity index (χ0n) is 11.7. The molecule has 2 unspecified atom stereocenters. The van der Waals surface area contributed by atoms with E-state index in [0.717, 1.165) is 0 Å². The van der Waals surface area contributed by atoms with Crippen LogP contribution in [0.15, 0.2) is 30.3 Å². The van der Waals surface area contributed by atoms with Crippen molar-refractivity contribution in [3.05, 3.63) is 35.9 Å². The number of ether oxygens (including phenoxy) is 1. The Morgan fingerprint density at radius 1 is 1.36 bits per heavy atom. The van der Waals surface area contributed by atoms with Crippen LogP contribution in [-0.4, -0.2) is 29.8 Å². The molecule has 4 nitrogen and oxygen atoms in total. The second-order valence-electron chi connectivity index (χ2n) is 5.14. The Bertz CT molecular complexity index is 554. The predicted molar refractivity (Wildman–Crippen MR) is 71.5 cm³/mol. The van der Waals surface area contributed by atoms with Crippen molar-refractivity contribution in [1.82, 2.24) is 4.90 Å². The molecule has 1 aliphatic rings. The van der Waals surface area contributed by atoms with Crippen LogP contribution < -0.4 is 0 Å². The number of amides is 1. The number of piperidine rings is 1. The van der Waals surface area contributed by atoms with E-state index in [4.69, 9.17) is 10.00 Å². The zero-order chi connectivity index (χ0) is 16.2. The molecule has 1 saturated heterocycles. The fourth-order valence-electron chi connectivity index (χ4n) is 2.41. The van der Waals surface area contributed by atoms with E-state index in [1.54, 1.807) is 30.3 Å². The lowest BCUT2D eigenvalue weighted by Gasteiger charge is -2.37. The van der Waals surface area contributed by atoms with Gasteiger partial charge in [0.25, 0.3) is 0 Å². The smallest absolute Gasteiger partial charge is 0.410 e. The SMILES string of the molecule is N#CC1CCN(C(=O)OCc2ccccc2)C(C(F)(F)F)C1. The van der Waals surface area contributed by atoms with E-state index in [9.17, 15) is 18.0 Å². The van der Waals surface area contributed by atoms with Crippen LogP contribution in [0.2, 0.25) is 0 Å². The van der Waals surface area contributed by atoms with Crippen molar-refractivity contribution in [1.29, 1.82) is 5.26 Å². The lowest BCUT2D eigenvalue weighted by molar-refractivity contribution is -0.188.